The van der Waals surface area contributed by atoms with Crippen LogP contribution in [0.25, 0.3) is 24.3 Å². The molecule has 38 nitrogen and oxygen atoms in total. The summed E-state index contributed by atoms with van der Waals surface area (Å²) in [4.78, 5) is 52.0. The topological polar surface area (TPSA) is 577 Å². The van der Waals surface area contributed by atoms with Crippen molar-refractivity contribution in [3.05, 3.63) is 165 Å². The van der Waals surface area contributed by atoms with Crippen molar-refractivity contribution in [3.63, 3.8) is 0 Å². The number of morpholine rings is 2. The molecule has 0 atom stereocenters. The molecule has 2 saturated heterocycles. The first kappa shape index (κ1) is 93.9. The van der Waals surface area contributed by atoms with Crippen LogP contribution in [-0.4, -0.2) is 183 Å². The second-order valence-electron chi connectivity index (χ2n) is 22.2. The molecule has 0 spiro atoms. The van der Waals surface area contributed by atoms with E-state index in [9.17, 15) is 87.4 Å². The summed E-state index contributed by atoms with van der Waals surface area (Å²) in [5, 5.41) is 18.7. The molecule has 6 aromatic carbocycles. The predicted octanol–water partition coefficient (Wildman–Crippen LogP) is -14.4. The van der Waals surface area contributed by atoms with Gasteiger partial charge in [-0.3, -0.25) is 20.4 Å². The van der Waals surface area contributed by atoms with Crippen molar-refractivity contribution in [2.45, 2.75) is 19.6 Å². The number of Topliss-reactive ketones (excluding diaryl/α,β-unsaturated/α-hetero) is 2. The average Bonchev–Trinajstić information content (AvgIpc) is 0.751. The fourth-order valence-corrected chi connectivity index (χ4v) is 14.4. The van der Waals surface area contributed by atoms with Crippen LogP contribution in [0.3, 0.4) is 0 Å². The third-order valence-electron chi connectivity index (χ3n) is 15.3. The molecule has 110 heavy (non-hydrogen) atoms. The summed E-state index contributed by atoms with van der Waals surface area (Å²) in [5.41, 5.74) is -0.704. The zero-order valence-electron chi connectivity index (χ0n) is 58.4. The Labute approximate surface area is 760 Å². The number of rotatable bonds is 22. The number of fused-ring (bicyclic) bond motifs is 2. The number of hydrazone groups is 2. The van der Waals surface area contributed by atoms with E-state index in [1.165, 1.54) is 36.4 Å². The number of carbonyl (C=O) groups excluding carboxylic acids is 2. The van der Waals surface area contributed by atoms with Crippen LogP contribution in [0.5, 0.6) is 0 Å². The number of hydrogen-bond acceptors (Lipinski definition) is 38. The maximum Gasteiger partial charge on any atom is 1.00 e. The van der Waals surface area contributed by atoms with Gasteiger partial charge in [0.1, 0.15) is 72.1 Å². The maximum absolute atomic E-state index is 14.4. The number of hydrogen-bond donors (Lipinski definition) is 6. The number of benzene rings is 6. The molecule has 0 saturated carbocycles. The van der Waals surface area contributed by atoms with Gasteiger partial charge in [-0.25, -0.2) is 50.5 Å². The van der Waals surface area contributed by atoms with E-state index < -0.39 is 171 Å². The molecular formula is C60H46N16Na6O22S6. The van der Waals surface area contributed by atoms with E-state index in [1.807, 2.05) is 0 Å². The standard InChI is InChI=1S/C60H52N16O22S6.6Na/c77-53-49-35(27-47(103(91,92)93)51(53)73-71-37-7-3-1-4-8-37)25-41(99(79,80)81)31-43(49)63-57-65-55(67-59(69-57)75-17-21-97-22-18-75)61-39-15-13-33(45(29-39)101(85,86)87)11-12-34-14-16-40(30-46(34)102(88,89)90)62-56-66-58(70-60(68-56)76-19-23-98-24-20-76)64-44-32-42(100(82,83)84)26-36-28-48(104(94,95)96)52(54(78)50(36)44)74-72-38-9-5-2-6-10-38;;;;;;/h1-16,25-32,71-72H,17-24H2,(H,79,80,81)(H,82,83,84)(H,85,86,87)(H,88,89,90)(H,91,92,93)(H,94,95,96)(H2,61,63,65,67,69)(H2,62,64,66,68,70);;;;;;/q;6*+1/p-6. The van der Waals surface area contributed by atoms with Crippen LogP contribution in [-0.2, 0) is 70.2 Å². The van der Waals surface area contributed by atoms with Gasteiger partial charge in [-0.05, 0) is 107 Å². The second-order valence-corrected chi connectivity index (χ2v) is 30.4. The van der Waals surface area contributed by atoms with Gasteiger partial charge in [0.05, 0.1) is 89.7 Å². The zero-order valence-corrected chi connectivity index (χ0v) is 75.3. The van der Waals surface area contributed by atoms with E-state index in [1.54, 1.807) is 46.2 Å². The number of carbonyl (C=O) groups is 2. The van der Waals surface area contributed by atoms with Gasteiger partial charge in [0.15, 0.2) is 0 Å². The molecule has 2 aromatic heterocycles. The van der Waals surface area contributed by atoms with Crippen LogP contribution in [0.15, 0.2) is 161 Å². The third-order valence-corrected chi connectivity index (χ3v) is 20.4. The third kappa shape index (κ3) is 23.0. The van der Waals surface area contributed by atoms with Crippen molar-refractivity contribution < 1.29 is 274 Å². The monoisotopic (exact) mass is 1670 g/mol. The van der Waals surface area contributed by atoms with Gasteiger partial charge in [0.2, 0.25) is 47.3 Å². The minimum absolute atomic E-state index is 0. The summed E-state index contributed by atoms with van der Waals surface area (Å²) in [6.07, 6.45) is 3.28. The molecule has 2 aliphatic heterocycles. The largest absolute Gasteiger partial charge is 1.00 e. The van der Waals surface area contributed by atoms with Gasteiger partial charge in [0.25, 0.3) is 0 Å². The number of para-hydroxylation sites is 2. The molecule has 6 N–H and O–H groups in total. The summed E-state index contributed by atoms with van der Waals surface area (Å²) in [6, 6.07) is 24.6. The van der Waals surface area contributed by atoms with E-state index >= 15 is 0 Å². The Bertz CT molecular complexity index is 5450. The van der Waals surface area contributed by atoms with Gasteiger partial charge in [-0.15, -0.1) is 0 Å². The Morgan fingerprint density at radius 2 is 0.709 bits per heavy atom. The van der Waals surface area contributed by atoms with Gasteiger partial charge >= 0.3 is 177 Å². The first-order valence-electron chi connectivity index (χ1n) is 29.7. The molecule has 0 amide bonds. The van der Waals surface area contributed by atoms with Crippen molar-refractivity contribution in [1.29, 1.82) is 0 Å². The maximum atomic E-state index is 14.4. The van der Waals surface area contributed by atoms with Gasteiger partial charge in [-0.2, -0.15) is 40.1 Å². The van der Waals surface area contributed by atoms with Crippen molar-refractivity contribution in [3.8, 4) is 0 Å². The Hall–Kier alpha value is -4.98. The molecule has 50 heteroatoms. The summed E-state index contributed by atoms with van der Waals surface area (Å²) in [7, 11) is -32.9. The summed E-state index contributed by atoms with van der Waals surface area (Å²) in [5.74, 6) is -4.61. The zero-order chi connectivity index (χ0) is 74.3. The molecule has 2 aliphatic carbocycles. The Balaban J connectivity index is 0.00000315. The molecular weight excluding hydrogens is 1630 g/mol. The molecule has 0 bridgehead atoms. The van der Waals surface area contributed by atoms with Crippen LogP contribution in [0.2, 0.25) is 0 Å². The summed E-state index contributed by atoms with van der Waals surface area (Å²) < 4.78 is 240. The van der Waals surface area contributed by atoms with Crippen LogP contribution in [0.4, 0.5) is 69.8 Å². The molecule has 8 aromatic rings. The van der Waals surface area contributed by atoms with E-state index in [-0.39, 0.29) is 276 Å². The van der Waals surface area contributed by atoms with E-state index in [4.69, 9.17) is 9.47 Å². The smallest absolute Gasteiger partial charge is 0.744 e. The van der Waals surface area contributed by atoms with Crippen molar-refractivity contribution in [1.82, 2.24) is 29.9 Å². The van der Waals surface area contributed by atoms with Crippen LogP contribution in [0, 0.1) is 0 Å². The van der Waals surface area contributed by atoms with E-state index in [0.29, 0.717) is 24.3 Å². The Morgan fingerprint density at radius 3 is 1.02 bits per heavy atom. The molecule has 4 heterocycles. The second kappa shape index (κ2) is 38.6. The normalized spacial score (nSPS) is 15.3. The quantitative estimate of drug-likeness (QED) is 0.0159. The first-order valence-corrected chi connectivity index (χ1v) is 38.2. The fourth-order valence-electron chi connectivity index (χ4n) is 10.6. The fraction of sp³-hybridized carbons (Fsp3) is 0.133. The van der Waals surface area contributed by atoms with Crippen LogP contribution in [0.1, 0.15) is 43.0 Å². The number of allylic oxidation sites excluding steroid dienone is 2. The van der Waals surface area contributed by atoms with Crippen molar-refractivity contribution in [2.24, 2.45) is 10.2 Å². The van der Waals surface area contributed by atoms with Crippen molar-refractivity contribution in [2.75, 3.05) is 94.5 Å². The molecule has 2 fully saturated rings. The minimum atomic E-state index is -5.53. The number of ketones is 2. The number of nitrogens with zero attached hydrogens (tertiary/aromatic N) is 10. The van der Waals surface area contributed by atoms with Crippen LogP contribution >= 0.6 is 0 Å². The number of ether oxygens (including phenoxy) is 2. The first-order chi connectivity index (χ1) is 49.1. The van der Waals surface area contributed by atoms with E-state index in [2.05, 4.69) is 72.2 Å². The molecule has 0 radical (unpaired) electrons. The minimum Gasteiger partial charge on any atom is -0.744 e. The average molecular weight is 1670 g/mol. The van der Waals surface area contributed by atoms with Crippen molar-refractivity contribution >= 4 is 178 Å². The Morgan fingerprint density at radius 1 is 0.382 bits per heavy atom. The number of aromatic nitrogens is 6. The molecule has 4 aliphatic rings. The SMILES string of the molecule is O=C1C(=NNc2ccccc2)C(S(=O)(=O)[O-])=Cc2cc(S(=O)(=O)[O-])cc(Nc3nc(Nc4ccc(C=Cc5ccc(Nc6nc(Nc7cc(S(=O)(=O)[O-])cc8c7C(=O)C(=NNc7ccccc7)C(S(=O)(=O)[O-])=C8)nc(N7CCOCC7)n6)cc5S(=O)(=O)[O-])c(S(=O)(=O)[O-])c4)nc(N4CCOCC4)n3)c21.[Na+].[Na+].[Na+].[Na+].[Na+].[Na+]. The van der Waals surface area contributed by atoms with Gasteiger partial charge in [-0.1, -0.05) is 60.7 Å². The summed E-state index contributed by atoms with van der Waals surface area (Å²) >= 11 is 0. The van der Waals surface area contributed by atoms with Gasteiger partial charge < -0.3 is 67.9 Å². The molecule has 0 unspecified atom stereocenters. The predicted molar refractivity (Wildman–Crippen MR) is 364 cm³/mol. The van der Waals surface area contributed by atoms with E-state index in [0.717, 1.165) is 48.6 Å². The number of anilines is 12. The van der Waals surface area contributed by atoms with Gasteiger partial charge in [0, 0.05) is 37.6 Å². The Kier molecular flexibility index (Phi) is 33.0. The summed E-state index contributed by atoms with van der Waals surface area (Å²) in [6.45, 7) is 1.31. The number of nitrogens with one attached hydrogen (secondary N) is 6. The molecule has 12 rings (SSSR count). The van der Waals surface area contributed by atoms with Crippen LogP contribution < -0.4 is 219 Å². The molecule has 540 valence electrons.